The third-order valence-corrected chi connectivity index (χ3v) is 3.71. The molecule has 0 amide bonds. The van der Waals surface area contributed by atoms with E-state index in [0.717, 1.165) is 37.9 Å². The van der Waals surface area contributed by atoms with Crippen molar-refractivity contribution in [2.24, 2.45) is 0 Å². The zero-order valence-corrected chi connectivity index (χ0v) is 11.2. The van der Waals surface area contributed by atoms with Crippen molar-refractivity contribution in [3.05, 3.63) is 33.9 Å². The number of likely N-dealkylation sites (tertiary alicyclic amines) is 1. The molecule has 1 atom stereocenters. The number of nitrogens with zero attached hydrogens (tertiary/aromatic N) is 2. The van der Waals surface area contributed by atoms with Crippen LogP contribution in [0, 0.1) is 21.7 Å². The topological polar surface area (TPSA) is 58.4 Å². The number of likely N-dealkylation sites (N-methyl/N-ethyl adjacent to an activating group) is 1. The average Bonchev–Trinajstić information content (AvgIpc) is 2.41. The molecule has 1 N–H and O–H groups in total. The molecule has 0 saturated carbocycles. The molecular formula is C13H17F2N3O2. The number of nitrogens with one attached hydrogen (secondary N) is 1. The van der Waals surface area contributed by atoms with Gasteiger partial charge in [-0.05, 0) is 32.5 Å². The fraction of sp³-hybridized carbons (Fsp3) is 0.538. The van der Waals surface area contributed by atoms with Gasteiger partial charge in [0.1, 0.15) is 0 Å². The van der Waals surface area contributed by atoms with Gasteiger partial charge in [0.05, 0.1) is 4.92 Å². The Morgan fingerprint density at radius 1 is 1.45 bits per heavy atom. The van der Waals surface area contributed by atoms with E-state index in [1.165, 1.54) is 0 Å². The highest BCUT2D eigenvalue weighted by molar-refractivity contribution is 5.62. The molecule has 0 radical (unpaired) electrons. The monoisotopic (exact) mass is 285 g/mol. The summed E-state index contributed by atoms with van der Waals surface area (Å²) in [4.78, 5) is 12.3. The summed E-state index contributed by atoms with van der Waals surface area (Å²) in [5.41, 5.74) is -0.809. The highest BCUT2D eigenvalue weighted by Gasteiger charge is 2.24. The molecule has 1 saturated heterocycles. The van der Waals surface area contributed by atoms with Crippen LogP contribution in [0.2, 0.25) is 0 Å². The first-order chi connectivity index (χ1) is 9.50. The largest absolute Gasteiger partial charge is 0.375 e. The summed E-state index contributed by atoms with van der Waals surface area (Å²) < 4.78 is 26.9. The summed E-state index contributed by atoms with van der Waals surface area (Å²) in [7, 11) is 1.96. The van der Waals surface area contributed by atoms with Crippen LogP contribution in [-0.2, 0) is 0 Å². The second-order valence-electron chi connectivity index (χ2n) is 5.02. The second-order valence-corrected chi connectivity index (χ2v) is 5.02. The SMILES string of the molecule is CN1CCCCC1CNc1c([N+](=O)[O-])ccc(F)c1F. The van der Waals surface area contributed by atoms with E-state index in [1.54, 1.807) is 0 Å². The molecule has 0 aliphatic carbocycles. The molecule has 1 heterocycles. The van der Waals surface area contributed by atoms with Gasteiger partial charge in [-0.3, -0.25) is 10.1 Å². The first-order valence-corrected chi connectivity index (χ1v) is 6.57. The first-order valence-electron chi connectivity index (χ1n) is 6.57. The Bertz CT molecular complexity index is 511. The Kier molecular flexibility index (Phi) is 4.49. The van der Waals surface area contributed by atoms with Gasteiger partial charge in [0.15, 0.2) is 17.3 Å². The van der Waals surface area contributed by atoms with Crippen molar-refractivity contribution >= 4 is 11.4 Å². The Labute approximate surface area is 115 Å². The van der Waals surface area contributed by atoms with Crippen molar-refractivity contribution in [2.45, 2.75) is 25.3 Å². The fourth-order valence-corrected chi connectivity index (χ4v) is 2.48. The van der Waals surface area contributed by atoms with Gasteiger partial charge in [-0.15, -0.1) is 0 Å². The van der Waals surface area contributed by atoms with Crippen LogP contribution in [0.1, 0.15) is 19.3 Å². The van der Waals surface area contributed by atoms with Gasteiger partial charge in [0.2, 0.25) is 0 Å². The van der Waals surface area contributed by atoms with Crippen molar-refractivity contribution in [1.82, 2.24) is 4.90 Å². The first kappa shape index (κ1) is 14.6. The fourth-order valence-electron chi connectivity index (χ4n) is 2.48. The molecule has 1 aliphatic heterocycles. The predicted octanol–water partition coefficient (Wildman–Crippen LogP) is 2.77. The Hall–Kier alpha value is -1.76. The van der Waals surface area contributed by atoms with E-state index in [4.69, 9.17) is 0 Å². The number of anilines is 1. The molecule has 1 aliphatic rings. The summed E-state index contributed by atoms with van der Waals surface area (Å²) in [5, 5.41) is 13.6. The maximum absolute atomic E-state index is 13.7. The molecular weight excluding hydrogens is 268 g/mol. The lowest BCUT2D eigenvalue weighted by atomic mass is 10.0. The van der Waals surface area contributed by atoms with Crippen LogP contribution < -0.4 is 5.32 Å². The van der Waals surface area contributed by atoms with Gasteiger partial charge in [-0.2, -0.15) is 0 Å². The zero-order valence-electron chi connectivity index (χ0n) is 11.2. The highest BCUT2D eigenvalue weighted by Crippen LogP contribution is 2.29. The smallest absolute Gasteiger partial charge is 0.295 e. The van der Waals surface area contributed by atoms with Crippen LogP contribution in [-0.4, -0.2) is 36.0 Å². The summed E-state index contributed by atoms with van der Waals surface area (Å²) in [6.07, 6.45) is 3.13. The quantitative estimate of drug-likeness (QED) is 0.682. The number of nitro benzene ring substituents is 1. The molecule has 0 bridgehead atoms. The van der Waals surface area contributed by atoms with Crippen molar-refractivity contribution < 1.29 is 13.7 Å². The summed E-state index contributed by atoms with van der Waals surface area (Å²) in [5.74, 6) is -2.28. The number of hydrogen-bond acceptors (Lipinski definition) is 4. The number of benzene rings is 1. The van der Waals surface area contributed by atoms with Crippen molar-refractivity contribution in [1.29, 1.82) is 0 Å². The van der Waals surface area contributed by atoms with Crippen LogP contribution in [0.4, 0.5) is 20.2 Å². The number of halogens is 2. The van der Waals surface area contributed by atoms with Crippen LogP contribution in [0.15, 0.2) is 12.1 Å². The zero-order chi connectivity index (χ0) is 14.7. The van der Waals surface area contributed by atoms with E-state index in [-0.39, 0.29) is 11.7 Å². The van der Waals surface area contributed by atoms with E-state index in [9.17, 15) is 18.9 Å². The second kappa shape index (κ2) is 6.13. The molecule has 0 spiro atoms. The minimum atomic E-state index is -1.20. The number of nitro groups is 1. The average molecular weight is 285 g/mol. The number of rotatable bonds is 4. The van der Waals surface area contributed by atoms with Gasteiger partial charge in [0.25, 0.3) is 5.69 Å². The number of piperidine rings is 1. The normalized spacial score (nSPS) is 19.9. The molecule has 1 aromatic rings. The molecule has 7 heteroatoms. The lowest BCUT2D eigenvalue weighted by Gasteiger charge is -2.32. The van der Waals surface area contributed by atoms with Crippen LogP contribution in [0.5, 0.6) is 0 Å². The van der Waals surface area contributed by atoms with Crippen LogP contribution in [0.3, 0.4) is 0 Å². The molecule has 0 aromatic heterocycles. The van der Waals surface area contributed by atoms with Crippen LogP contribution >= 0.6 is 0 Å². The van der Waals surface area contributed by atoms with Gasteiger partial charge in [-0.1, -0.05) is 6.42 Å². The van der Waals surface area contributed by atoms with E-state index < -0.39 is 22.2 Å². The molecule has 20 heavy (non-hydrogen) atoms. The maximum Gasteiger partial charge on any atom is 0.295 e. The summed E-state index contributed by atoms with van der Waals surface area (Å²) in [6, 6.07) is 1.92. The third kappa shape index (κ3) is 3.04. The molecule has 2 rings (SSSR count). The van der Waals surface area contributed by atoms with E-state index in [2.05, 4.69) is 10.2 Å². The van der Waals surface area contributed by atoms with Crippen LogP contribution in [0.25, 0.3) is 0 Å². The van der Waals surface area contributed by atoms with E-state index in [0.29, 0.717) is 6.54 Å². The minimum absolute atomic E-state index is 0.172. The molecule has 1 unspecified atom stereocenters. The van der Waals surface area contributed by atoms with Crippen molar-refractivity contribution in [3.63, 3.8) is 0 Å². The Morgan fingerprint density at radius 2 is 2.20 bits per heavy atom. The summed E-state index contributed by atoms with van der Waals surface area (Å²) in [6.45, 7) is 1.30. The predicted molar refractivity (Wildman–Crippen MR) is 71.8 cm³/mol. The van der Waals surface area contributed by atoms with E-state index in [1.807, 2.05) is 7.05 Å². The maximum atomic E-state index is 13.7. The Balaban J connectivity index is 2.15. The van der Waals surface area contributed by atoms with E-state index >= 15 is 0 Å². The Morgan fingerprint density at radius 3 is 2.85 bits per heavy atom. The molecule has 1 aromatic carbocycles. The molecule has 5 nitrogen and oxygen atoms in total. The van der Waals surface area contributed by atoms with Gasteiger partial charge < -0.3 is 10.2 Å². The standard InChI is InChI=1S/C13H17F2N3O2/c1-17-7-3-2-4-9(17)8-16-13-11(18(19)20)6-5-10(14)12(13)15/h5-6,9,16H,2-4,7-8H2,1H3. The minimum Gasteiger partial charge on any atom is -0.375 e. The van der Waals surface area contributed by atoms with Gasteiger partial charge in [-0.25, -0.2) is 8.78 Å². The van der Waals surface area contributed by atoms with Crippen molar-refractivity contribution in [2.75, 3.05) is 25.5 Å². The molecule has 1 fully saturated rings. The molecule has 110 valence electrons. The summed E-state index contributed by atoms with van der Waals surface area (Å²) >= 11 is 0. The number of hydrogen-bond donors (Lipinski definition) is 1. The highest BCUT2D eigenvalue weighted by atomic mass is 19.2. The third-order valence-electron chi connectivity index (χ3n) is 3.71. The van der Waals surface area contributed by atoms with Crippen molar-refractivity contribution in [3.8, 4) is 0 Å². The lowest BCUT2D eigenvalue weighted by molar-refractivity contribution is -0.384. The van der Waals surface area contributed by atoms with Gasteiger partial charge in [0, 0.05) is 18.7 Å². The lowest BCUT2D eigenvalue weighted by Crippen LogP contribution is -2.40. The van der Waals surface area contributed by atoms with Gasteiger partial charge >= 0.3 is 0 Å².